The van der Waals surface area contributed by atoms with E-state index >= 15 is 0 Å². The van der Waals surface area contributed by atoms with Gasteiger partial charge in [0.05, 0.1) is 11.8 Å². The summed E-state index contributed by atoms with van der Waals surface area (Å²) in [6.07, 6.45) is 4.26. The normalized spacial score (nSPS) is 10.3. The zero-order valence-corrected chi connectivity index (χ0v) is 13.9. The maximum absolute atomic E-state index is 11.9. The summed E-state index contributed by atoms with van der Waals surface area (Å²) in [5.74, 6) is -1.64. The third-order valence-electron chi connectivity index (χ3n) is 3.52. The van der Waals surface area contributed by atoms with Crippen LogP contribution < -0.4 is 15.7 Å². The van der Waals surface area contributed by atoms with Gasteiger partial charge < -0.3 is 15.3 Å². The number of aromatic carboxylic acids is 1. The molecule has 1 aromatic carbocycles. The van der Waals surface area contributed by atoms with E-state index in [9.17, 15) is 14.4 Å². The first-order valence-corrected chi connectivity index (χ1v) is 7.97. The lowest BCUT2D eigenvalue weighted by Gasteiger charge is -2.10. The summed E-state index contributed by atoms with van der Waals surface area (Å²) in [7, 11) is 0. The molecule has 0 saturated carbocycles. The molecule has 0 radical (unpaired) electrons. The Hall–Kier alpha value is -3.09. The molecule has 0 fully saturated rings. The van der Waals surface area contributed by atoms with Crippen molar-refractivity contribution in [1.29, 1.82) is 0 Å². The lowest BCUT2D eigenvalue weighted by atomic mass is 10.1. The monoisotopic (exact) mass is 344 g/mol. The van der Waals surface area contributed by atoms with Crippen LogP contribution in [0.3, 0.4) is 0 Å². The zero-order valence-electron chi connectivity index (χ0n) is 13.9. The van der Waals surface area contributed by atoms with Gasteiger partial charge in [-0.25, -0.2) is 4.79 Å². The Bertz CT molecular complexity index is 796. The molecule has 0 atom stereocenters. The molecule has 7 nitrogen and oxygen atoms in total. The highest BCUT2D eigenvalue weighted by atomic mass is 16.7. The third-order valence-corrected chi connectivity index (χ3v) is 3.52. The number of carbonyl (C=O) groups excluding carboxylic acids is 1. The molecular weight excluding hydrogens is 324 g/mol. The van der Waals surface area contributed by atoms with E-state index in [0.29, 0.717) is 5.69 Å². The molecule has 0 aliphatic heterocycles. The summed E-state index contributed by atoms with van der Waals surface area (Å²) in [5.41, 5.74) is 1.16. The highest BCUT2D eigenvalue weighted by Gasteiger charge is 2.08. The van der Waals surface area contributed by atoms with E-state index in [-0.39, 0.29) is 5.56 Å². The molecule has 0 saturated heterocycles. The third kappa shape index (κ3) is 5.49. The Labute approximate surface area is 144 Å². The van der Waals surface area contributed by atoms with Gasteiger partial charge in [0, 0.05) is 11.8 Å². The molecule has 2 rings (SSSR count). The number of rotatable bonds is 8. The van der Waals surface area contributed by atoms with Crippen LogP contribution in [0.5, 0.6) is 0 Å². The van der Waals surface area contributed by atoms with Crippen LogP contribution in [0.1, 0.15) is 35.7 Å². The van der Waals surface area contributed by atoms with E-state index in [1.807, 2.05) is 12.1 Å². The van der Waals surface area contributed by atoms with Crippen LogP contribution in [0.25, 0.3) is 0 Å². The lowest BCUT2D eigenvalue weighted by molar-refractivity contribution is -0.120. The van der Waals surface area contributed by atoms with Gasteiger partial charge in [0.25, 0.3) is 11.5 Å². The Morgan fingerprint density at radius 3 is 2.52 bits per heavy atom. The molecule has 2 N–H and O–H groups in total. The Kier molecular flexibility index (Phi) is 6.33. The van der Waals surface area contributed by atoms with Gasteiger partial charge >= 0.3 is 5.97 Å². The topological polar surface area (TPSA) is 97.6 Å². The van der Waals surface area contributed by atoms with E-state index in [1.54, 1.807) is 12.1 Å². The van der Waals surface area contributed by atoms with Crippen molar-refractivity contribution in [3.63, 3.8) is 0 Å². The molecule has 0 spiro atoms. The predicted octanol–water partition coefficient (Wildman–Crippen LogP) is 1.96. The molecule has 0 aliphatic carbocycles. The number of nitrogens with one attached hydrogen (secondary N) is 1. The van der Waals surface area contributed by atoms with E-state index in [1.165, 1.54) is 11.6 Å². The second kappa shape index (κ2) is 8.68. The van der Waals surface area contributed by atoms with Crippen LogP contribution in [-0.4, -0.2) is 28.3 Å². The van der Waals surface area contributed by atoms with Gasteiger partial charge in [-0.1, -0.05) is 25.5 Å². The number of carboxylic acid groups (broad SMARTS) is 1. The summed E-state index contributed by atoms with van der Waals surface area (Å²) in [4.78, 5) is 39.5. The Balaban J connectivity index is 1.91. The lowest BCUT2D eigenvalue weighted by Crippen LogP contribution is -2.32. The largest absolute Gasteiger partial charge is 0.478 e. The van der Waals surface area contributed by atoms with Gasteiger partial charge in [-0.05, 0) is 36.6 Å². The highest BCUT2D eigenvalue weighted by Crippen LogP contribution is 2.11. The molecule has 7 heteroatoms. The summed E-state index contributed by atoms with van der Waals surface area (Å²) in [5, 5.41) is 11.6. The first-order chi connectivity index (χ1) is 12.0. The second-order valence-electron chi connectivity index (χ2n) is 5.51. The van der Waals surface area contributed by atoms with Crippen LogP contribution in [0.15, 0.2) is 47.4 Å². The zero-order chi connectivity index (χ0) is 18.2. The molecule has 0 unspecified atom stereocenters. The molecule has 132 valence electrons. The number of aryl methyl sites for hydroxylation is 1. The fourth-order valence-electron chi connectivity index (χ4n) is 2.16. The molecular formula is C18H20N2O5. The van der Waals surface area contributed by atoms with Crippen molar-refractivity contribution in [3.8, 4) is 0 Å². The Morgan fingerprint density at radius 2 is 1.88 bits per heavy atom. The van der Waals surface area contributed by atoms with E-state index in [4.69, 9.17) is 9.94 Å². The summed E-state index contributed by atoms with van der Waals surface area (Å²) >= 11 is 0. The molecule has 1 heterocycles. The number of amides is 1. The van der Waals surface area contributed by atoms with Gasteiger partial charge in [-0.2, -0.15) is 4.73 Å². The van der Waals surface area contributed by atoms with Crippen LogP contribution >= 0.6 is 0 Å². The SMILES string of the molecule is CCCCc1ccc(NC(=O)COn2cc(C(=O)O)ccc2=O)cc1. The summed E-state index contributed by atoms with van der Waals surface area (Å²) in [6, 6.07) is 9.75. The second-order valence-corrected chi connectivity index (χ2v) is 5.51. The van der Waals surface area contributed by atoms with E-state index in [2.05, 4.69) is 12.2 Å². The van der Waals surface area contributed by atoms with Gasteiger partial charge in [-0.15, -0.1) is 0 Å². The molecule has 0 aliphatic rings. The van der Waals surface area contributed by atoms with Crippen molar-refractivity contribution >= 4 is 17.6 Å². The summed E-state index contributed by atoms with van der Waals surface area (Å²) in [6.45, 7) is 1.71. The number of unbranched alkanes of at least 4 members (excludes halogenated alkanes) is 1. The number of anilines is 1. The number of hydrogen-bond acceptors (Lipinski definition) is 4. The van der Waals surface area contributed by atoms with Gasteiger partial charge in [0.15, 0.2) is 6.61 Å². The highest BCUT2D eigenvalue weighted by molar-refractivity contribution is 5.91. The number of aromatic nitrogens is 1. The smallest absolute Gasteiger partial charge is 0.337 e. The van der Waals surface area contributed by atoms with Crippen LogP contribution in [-0.2, 0) is 11.2 Å². The maximum atomic E-state index is 11.9. The van der Waals surface area contributed by atoms with Crippen molar-refractivity contribution in [2.24, 2.45) is 0 Å². The number of benzene rings is 1. The molecule has 25 heavy (non-hydrogen) atoms. The standard InChI is InChI=1S/C18H20N2O5/c1-2-3-4-13-5-8-15(9-6-13)19-16(21)12-25-20-11-14(18(23)24)7-10-17(20)22/h5-11H,2-4,12H2,1H3,(H,19,21)(H,23,24). The number of nitrogens with zero attached hydrogens (tertiary/aromatic N) is 1. The first-order valence-electron chi connectivity index (χ1n) is 7.97. The molecule has 1 aromatic heterocycles. The van der Waals surface area contributed by atoms with Gasteiger partial charge in [0.1, 0.15) is 0 Å². The molecule has 0 bridgehead atoms. The maximum Gasteiger partial charge on any atom is 0.337 e. The van der Waals surface area contributed by atoms with Crippen LogP contribution in [0.2, 0.25) is 0 Å². The first kappa shape index (κ1) is 18.3. The summed E-state index contributed by atoms with van der Waals surface area (Å²) < 4.78 is 0.733. The quantitative estimate of drug-likeness (QED) is 0.763. The van der Waals surface area contributed by atoms with Crippen molar-refractivity contribution in [1.82, 2.24) is 4.73 Å². The molecule has 1 amide bonds. The number of carboxylic acids is 1. The van der Waals surface area contributed by atoms with Crippen molar-refractivity contribution < 1.29 is 19.5 Å². The van der Waals surface area contributed by atoms with Crippen molar-refractivity contribution in [2.75, 3.05) is 11.9 Å². The number of carbonyl (C=O) groups is 2. The minimum atomic E-state index is -1.19. The van der Waals surface area contributed by atoms with E-state index in [0.717, 1.165) is 36.3 Å². The average Bonchev–Trinajstić information content (AvgIpc) is 2.60. The van der Waals surface area contributed by atoms with Crippen molar-refractivity contribution in [2.45, 2.75) is 26.2 Å². The van der Waals surface area contributed by atoms with E-state index < -0.39 is 24.0 Å². The van der Waals surface area contributed by atoms with Crippen LogP contribution in [0.4, 0.5) is 5.69 Å². The molecule has 2 aromatic rings. The van der Waals surface area contributed by atoms with Gasteiger partial charge in [0.2, 0.25) is 0 Å². The predicted molar refractivity (Wildman–Crippen MR) is 92.8 cm³/mol. The fraction of sp³-hybridized carbons (Fsp3) is 0.278. The fourth-order valence-corrected chi connectivity index (χ4v) is 2.16. The average molecular weight is 344 g/mol. The van der Waals surface area contributed by atoms with Gasteiger partial charge in [-0.3, -0.25) is 9.59 Å². The van der Waals surface area contributed by atoms with Crippen LogP contribution in [0, 0.1) is 0 Å². The number of pyridine rings is 1. The van der Waals surface area contributed by atoms with Crippen molar-refractivity contribution in [3.05, 3.63) is 64.1 Å². The minimum Gasteiger partial charge on any atom is -0.478 e. The Morgan fingerprint density at radius 1 is 1.16 bits per heavy atom. The minimum absolute atomic E-state index is 0.109. The number of hydrogen-bond donors (Lipinski definition) is 2.